The van der Waals surface area contributed by atoms with Gasteiger partial charge in [-0.05, 0) is 37.6 Å². The third-order valence-corrected chi connectivity index (χ3v) is 5.12. The van der Waals surface area contributed by atoms with Crippen LogP contribution < -0.4 is 5.32 Å². The van der Waals surface area contributed by atoms with E-state index in [4.69, 9.17) is 0 Å². The van der Waals surface area contributed by atoms with Gasteiger partial charge in [0.1, 0.15) is 11.5 Å². The zero-order valence-electron chi connectivity index (χ0n) is 16.0. The molecule has 0 saturated carbocycles. The van der Waals surface area contributed by atoms with Crippen LogP contribution in [0.15, 0.2) is 59.8 Å². The minimum Gasteiger partial charge on any atom is -0.325 e. The van der Waals surface area contributed by atoms with Gasteiger partial charge >= 0.3 is 6.18 Å². The Morgan fingerprint density at radius 2 is 1.77 bits per heavy atom. The molecule has 2 aromatic carbocycles. The molecule has 9 heteroatoms. The molecule has 1 N–H and O–H groups in total. The Bertz CT molecular complexity index is 1060. The molecule has 0 radical (unpaired) electrons. The van der Waals surface area contributed by atoms with E-state index in [1.165, 1.54) is 19.1 Å². The summed E-state index contributed by atoms with van der Waals surface area (Å²) in [7, 11) is 0. The highest BCUT2D eigenvalue weighted by atomic mass is 32.2. The number of hydrogen-bond acceptors (Lipinski definition) is 4. The molecule has 0 unspecified atom stereocenters. The molecule has 3 rings (SSSR count). The molecule has 0 aliphatic heterocycles. The van der Waals surface area contributed by atoms with Crippen molar-refractivity contribution in [3.63, 3.8) is 0 Å². The number of halogens is 4. The quantitative estimate of drug-likeness (QED) is 0.316. The number of amides is 1. The molecule has 1 aromatic heterocycles. The lowest BCUT2D eigenvalue weighted by Crippen LogP contribution is -2.23. The van der Waals surface area contributed by atoms with E-state index >= 15 is 0 Å². The van der Waals surface area contributed by atoms with E-state index in [2.05, 4.69) is 15.3 Å². The largest absolute Gasteiger partial charge is 0.433 e. The Morgan fingerprint density at radius 1 is 1.07 bits per heavy atom. The first-order valence-electron chi connectivity index (χ1n) is 8.89. The van der Waals surface area contributed by atoms with Crippen LogP contribution in [0, 0.1) is 12.7 Å². The summed E-state index contributed by atoms with van der Waals surface area (Å²) in [5.41, 5.74) is 0.201. The minimum absolute atomic E-state index is 0.105. The van der Waals surface area contributed by atoms with Crippen LogP contribution in [0.2, 0.25) is 0 Å². The van der Waals surface area contributed by atoms with Crippen LogP contribution in [0.3, 0.4) is 0 Å². The summed E-state index contributed by atoms with van der Waals surface area (Å²) in [6.45, 7) is 3.10. The van der Waals surface area contributed by atoms with Crippen molar-refractivity contribution in [2.45, 2.75) is 30.4 Å². The van der Waals surface area contributed by atoms with Gasteiger partial charge in [0.05, 0.1) is 10.9 Å². The number of nitrogens with one attached hydrogen (secondary N) is 1. The first-order chi connectivity index (χ1) is 14.1. The van der Waals surface area contributed by atoms with Crippen molar-refractivity contribution in [3.8, 4) is 11.3 Å². The molecule has 0 spiro atoms. The predicted octanol–water partition coefficient (Wildman–Crippen LogP) is 5.73. The summed E-state index contributed by atoms with van der Waals surface area (Å²) < 4.78 is 53.6. The number of aryl methyl sites for hydroxylation is 1. The molecule has 0 aliphatic carbocycles. The van der Waals surface area contributed by atoms with Crippen LogP contribution >= 0.6 is 11.8 Å². The molecule has 0 saturated heterocycles. The second-order valence-corrected chi connectivity index (χ2v) is 7.81. The Morgan fingerprint density at radius 3 is 2.40 bits per heavy atom. The van der Waals surface area contributed by atoms with Crippen LogP contribution in [0.25, 0.3) is 11.3 Å². The molecule has 0 aliphatic rings. The molecule has 1 amide bonds. The van der Waals surface area contributed by atoms with Crippen molar-refractivity contribution in [3.05, 3.63) is 71.7 Å². The van der Waals surface area contributed by atoms with Crippen molar-refractivity contribution in [2.75, 3.05) is 5.32 Å². The van der Waals surface area contributed by atoms with Crippen LogP contribution in [0.4, 0.5) is 23.2 Å². The highest BCUT2D eigenvalue weighted by Crippen LogP contribution is 2.33. The van der Waals surface area contributed by atoms with Crippen LogP contribution in [0.5, 0.6) is 0 Å². The summed E-state index contributed by atoms with van der Waals surface area (Å²) in [5.74, 6) is -0.979. The summed E-state index contributed by atoms with van der Waals surface area (Å²) in [6.07, 6.45) is -4.66. The summed E-state index contributed by atoms with van der Waals surface area (Å²) in [5, 5.41) is 1.55. The van der Waals surface area contributed by atoms with E-state index in [0.717, 1.165) is 17.8 Å². The lowest BCUT2D eigenvalue weighted by Gasteiger charge is -2.14. The van der Waals surface area contributed by atoms with Gasteiger partial charge in [0.2, 0.25) is 5.91 Å². The monoisotopic (exact) mass is 435 g/mol. The number of alkyl halides is 3. The summed E-state index contributed by atoms with van der Waals surface area (Å²) in [6, 6.07) is 13.5. The molecule has 156 valence electrons. The molecule has 0 fully saturated rings. The number of carbonyl (C=O) groups excluding carboxylic acids is 1. The zero-order valence-corrected chi connectivity index (χ0v) is 16.8. The topological polar surface area (TPSA) is 54.9 Å². The van der Waals surface area contributed by atoms with Crippen LogP contribution in [-0.4, -0.2) is 21.1 Å². The van der Waals surface area contributed by atoms with Crippen molar-refractivity contribution in [1.29, 1.82) is 0 Å². The number of anilines is 1. The van der Waals surface area contributed by atoms with Gasteiger partial charge < -0.3 is 5.32 Å². The van der Waals surface area contributed by atoms with E-state index in [1.54, 1.807) is 43.3 Å². The molecule has 1 atom stereocenters. The predicted molar refractivity (Wildman–Crippen MR) is 108 cm³/mol. The maximum absolute atomic E-state index is 13.7. The van der Waals surface area contributed by atoms with E-state index in [1.807, 2.05) is 0 Å². The third-order valence-electron chi connectivity index (χ3n) is 4.16. The van der Waals surface area contributed by atoms with Crippen LogP contribution in [0.1, 0.15) is 18.2 Å². The van der Waals surface area contributed by atoms with E-state index < -0.39 is 28.8 Å². The van der Waals surface area contributed by atoms with Gasteiger partial charge in [0.25, 0.3) is 0 Å². The van der Waals surface area contributed by atoms with Crippen molar-refractivity contribution >= 4 is 23.4 Å². The van der Waals surface area contributed by atoms with Crippen LogP contribution in [-0.2, 0) is 11.0 Å². The highest BCUT2D eigenvalue weighted by molar-refractivity contribution is 8.00. The van der Waals surface area contributed by atoms with Gasteiger partial charge in [-0.1, -0.05) is 48.2 Å². The summed E-state index contributed by atoms with van der Waals surface area (Å²) >= 11 is 0.789. The van der Waals surface area contributed by atoms with Gasteiger partial charge in [-0.15, -0.1) is 0 Å². The smallest absolute Gasteiger partial charge is 0.325 e. The highest BCUT2D eigenvalue weighted by Gasteiger charge is 2.34. The lowest BCUT2D eigenvalue weighted by molar-refractivity contribution is -0.141. The Balaban J connectivity index is 1.83. The number of carbonyl (C=O) groups is 1. The molecule has 4 nitrogen and oxygen atoms in total. The number of nitrogens with zero attached hydrogens (tertiary/aromatic N) is 2. The van der Waals surface area contributed by atoms with Crippen molar-refractivity contribution in [2.24, 2.45) is 0 Å². The van der Waals surface area contributed by atoms with Gasteiger partial charge in [-0.3, -0.25) is 4.79 Å². The second-order valence-electron chi connectivity index (χ2n) is 6.50. The Kier molecular flexibility index (Phi) is 6.40. The first-order valence-corrected chi connectivity index (χ1v) is 9.77. The molecule has 3 aromatic rings. The molecule has 1 heterocycles. The number of aromatic nitrogens is 2. The van der Waals surface area contributed by atoms with E-state index in [0.29, 0.717) is 11.1 Å². The fourth-order valence-electron chi connectivity index (χ4n) is 2.51. The van der Waals surface area contributed by atoms with Gasteiger partial charge in [-0.25, -0.2) is 14.4 Å². The van der Waals surface area contributed by atoms with E-state index in [-0.39, 0.29) is 16.5 Å². The fourth-order valence-corrected chi connectivity index (χ4v) is 3.29. The number of thioether (sulfide) groups is 1. The van der Waals surface area contributed by atoms with E-state index in [9.17, 15) is 22.4 Å². The average molecular weight is 435 g/mol. The fraction of sp³-hybridized carbons (Fsp3) is 0.190. The lowest BCUT2D eigenvalue weighted by atomic mass is 10.1. The van der Waals surface area contributed by atoms with Gasteiger partial charge in [0.15, 0.2) is 5.16 Å². The Hall–Kier alpha value is -2.94. The summed E-state index contributed by atoms with van der Waals surface area (Å²) in [4.78, 5) is 20.2. The minimum atomic E-state index is -4.66. The molecule has 30 heavy (non-hydrogen) atoms. The normalized spacial score (nSPS) is 12.5. The first kappa shape index (κ1) is 21.8. The maximum Gasteiger partial charge on any atom is 0.433 e. The number of benzene rings is 2. The standard InChI is InChI=1S/C21H17F4N3OS/c1-12-8-9-15(10-16(12)22)26-19(29)13(2)30-20-27-17(14-6-4-3-5-7-14)11-18(28-20)21(23,24)25/h3-11,13H,1-2H3,(H,26,29)/t13-/m1/s1. The maximum atomic E-state index is 13.7. The van der Waals surface area contributed by atoms with Gasteiger partial charge in [-0.2, -0.15) is 13.2 Å². The number of rotatable bonds is 5. The molecule has 0 bridgehead atoms. The van der Waals surface area contributed by atoms with Crippen molar-refractivity contribution in [1.82, 2.24) is 9.97 Å². The number of hydrogen-bond donors (Lipinski definition) is 1. The third kappa shape index (κ3) is 5.35. The van der Waals surface area contributed by atoms with Crippen molar-refractivity contribution < 1.29 is 22.4 Å². The SMILES string of the molecule is Cc1ccc(NC(=O)[C@@H](C)Sc2nc(-c3ccccc3)cc(C(F)(F)F)n2)cc1F. The zero-order chi connectivity index (χ0) is 21.9. The molecular weight excluding hydrogens is 418 g/mol. The Labute approximate surface area is 174 Å². The average Bonchev–Trinajstić information content (AvgIpc) is 2.70. The molecular formula is C21H17F4N3OS. The van der Waals surface area contributed by atoms with Gasteiger partial charge in [0, 0.05) is 11.3 Å². The second kappa shape index (κ2) is 8.83.